The smallest absolute Gasteiger partial charge is 0.329 e. The van der Waals surface area contributed by atoms with E-state index in [9.17, 15) is 9.59 Å². The van der Waals surface area contributed by atoms with Gasteiger partial charge in [0.1, 0.15) is 0 Å². The van der Waals surface area contributed by atoms with Gasteiger partial charge < -0.3 is 9.47 Å². The first kappa shape index (κ1) is 14.1. The second-order valence-electron chi connectivity index (χ2n) is 3.14. The fraction of sp³-hybridized carbons (Fsp3) is 0.500. The SMILES string of the molecule is COc1nn(CSCn2nc(OC)sc2=O)c(=O)s1. The Morgan fingerprint density at radius 3 is 1.74 bits per heavy atom. The molecule has 0 aliphatic rings. The molecule has 0 aliphatic heterocycles. The van der Waals surface area contributed by atoms with Gasteiger partial charge in [0.05, 0.1) is 26.0 Å². The van der Waals surface area contributed by atoms with Crippen LogP contribution in [0.15, 0.2) is 9.59 Å². The summed E-state index contributed by atoms with van der Waals surface area (Å²) < 4.78 is 12.3. The number of aromatic nitrogens is 4. The maximum absolute atomic E-state index is 11.5. The molecule has 104 valence electrons. The van der Waals surface area contributed by atoms with Crippen LogP contribution in [0.1, 0.15) is 0 Å². The summed E-state index contributed by atoms with van der Waals surface area (Å²) in [6, 6.07) is 0. The first-order chi connectivity index (χ1) is 9.13. The molecule has 0 saturated heterocycles. The lowest BCUT2D eigenvalue weighted by atomic mass is 11.2. The molecule has 0 saturated carbocycles. The Morgan fingerprint density at radius 2 is 1.42 bits per heavy atom. The topological polar surface area (TPSA) is 88.2 Å². The van der Waals surface area contributed by atoms with Crippen molar-refractivity contribution in [3.8, 4) is 10.4 Å². The van der Waals surface area contributed by atoms with E-state index in [-0.39, 0.29) is 9.75 Å². The van der Waals surface area contributed by atoms with E-state index in [1.807, 2.05) is 0 Å². The van der Waals surface area contributed by atoms with Crippen molar-refractivity contribution >= 4 is 34.4 Å². The predicted molar refractivity (Wildman–Crippen MR) is 73.4 cm³/mol. The number of rotatable bonds is 6. The zero-order valence-electron chi connectivity index (χ0n) is 10.1. The van der Waals surface area contributed by atoms with Crippen LogP contribution in [0.5, 0.6) is 10.4 Å². The van der Waals surface area contributed by atoms with Gasteiger partial charge in [-0.25, -0.2) is 9.36 Å². The van der Waals surface area contributed by atoms with Crippen LogP contribution in [-0.2, 0) is 11.8 Å². The zero-order valence-corrected chi connectivity index (χ0v) is 12.5. The third kappa shape index (κ3) is 3.36. The van der Waals surface area contributed by atoms with E-state index in [2.05, 4.69) is 10.2 Å². The van der Waals surface area contributed by atoms with Crippen molar-refractivity contribution in [1.82, 2.24) is 19.6 Å². The summed E-state index contributed by atoms with van der Waals surface area (Å²) in [5.41, 5.74) is 0. The minimum absolute atomic E-state index is 0.201. The first-order valence-electron chi connectivity index (χ1n) is 4.95. The van der Waals surface area contributed by atoms with Crippen LogP contribution in [-0.4, -0.2) is 33.8 Å². The molecule has 11 heteroatoms. The molecule has 0 amide bonds. The van der Waals surface area contributed by atoms with Gasteiger partial charge in [-0.3, -0.25) is 9.59 Å². The van der Waals surface area contributed by atoms with Crippen molar-refractivity contribution in [3.05, 3.63) is 19.3 Å². The van der Waals surface area contributed by atoms with Crippen molar-refractivity contribution in [2.75, 3.05) is 14.2 Å². The highest BCUT2D eigenvalue weighted by molar-refractivity contribution is 7.97. The summed E-state index contributed by atoms with van der Waals surface area (Å²) >= 11 is 3.20. The summed E-state index contributed by atoms with van der Waals surface area (Å²) in [7, 11) is 2.91. The molecule has 0 N–H and O–H groups in total. The van der Waals surface area contributed by atoms with Gasteiger partial charge >= 0.3 is 9.75 Å². The average molecular weight is 322 g/mol. The fourth-order valence-electron chi connectivity index (χ4n) is 1.12. The molecule has 0 unspecified atom stereocenters. The molecule has 8 nitrogen and oxygen atoms in total. The van der Waals surface area contributed by atoms with E-state index < -0.39 is 0 Å². The number of hydrogen-bond acceptors (Lipinski definition) is 9. The van der Waals surface area contributed by atoms with Gasteiger partial charge in [0.15, 0.2) is 0 Å². The molecule has 2 aromatic heterocycles. The second kappa shape index (κ2) is 6.21. The Labute approximate surface area is 119 Å². The highest BCUT2D eigenvalue weighted by Gasteiger charge is 2.08. The highest BCUT2D eigenvalue weighted by atomic mass is 32.2. The second-order valence-corrected chi connectivity index (χ2v) is 5.87. The molecule has 0 radical (unpaired) electrons. The fourth-order valence-corrected chi connectivity index (χ4v) is 3.22. The molecule has 0 bridgehead atoms. The largest absolute Gasteiger partial charge is 0.472 e. The predicted octanol–water partition coefficient (Wildman–Crippen LogP) is 0.289. The van der Waals surface area contributed by atoms with Crippen molar-refractivity contribution in [3.63, 3.8) is 0 Å². The Hall–Kier alpha value is -1.33. The first-order valence-corrected chi connectivity index (χ1v) is 7.74. The van der Waals surface area contributed by atoms with Gasteiger partial charge in [-0.15, -0.1) is 22.0 Å². The maximum Gasteiger partial charge on any atom is 0.329 e. The Balaban J connectivity index is 1.95. The van der Waals surface area contributed by atoms with Crippen molar-refractivity contribution in [2.24, 2.45) is 0 Å². The summed E-state index contributed by atoms with van der Waals surface area (Å²) in [6.07, 6.45) is 0. The van der Waals surface area contributed by atoms with Crippen molar-refractivity contribution < 1.29 is 9.47 Å². The summed E-state index contributed by atoms with van der Waals surface area (Å²) in [4.78, 5) is 22.6. The Bertz CT molecular complexity index is 601. The molecule has 0 aliphatic carbocycles. The lowest BCUT2D eigenvalue weighted by molar-refractivity contribution is 0.399. The number of ether oxygens (including phenoxy) is 2. The molecule has 2 heterocycles. The van der Waals surface area contributed by atoms with Crippen LogP contribution >= 0.6 is 34.4 Å². The van der Waals surface area contributed by atoms with Crippen molar-refractivity contribution in [2.45, 2.75) is 11.8 Å². The van der Waals surface area contributed by atoms with Crippen molar-refractivity contribution in [1.29, 1.82) is 0 Å². The van der Waals surface area contributed by atoms with Crippen LogP contribution in [0.25, 0.3) is 0 Å². The molecule has 0 atom stereocenters. The van der Waals surface area contributed by atoms with E-state index in [1.54, 1.807) is 0 Å². The third-order valence-electron chi connectivity index (χ3n) is 1.95. The number of methoxy groups -OCH3 is 2. The molecular formula is C8H10N4O4S3. The van der Waals surface area contributed by atoms with Crippen LogP contribution in [0.4, 0.5) is 0 Å². The normalized spacial score (nSPS) is 10.6. The van der Waals surface area contributed by atoms with Crippen LogP contribution in [0.3, 0.4) is 0 Å². The van der Waals surface area contributed by atoms with Gasteiger partial charge in [-0.05, 0) is 22.7 Å². The lowest BCUT2D eigenvalue weighted by Crippen LogP contribution is -2.16. The van der Waals surface area contributed by atoms with Gasteiger partial charge in [0.2, 0.25) is 0 Å². The van der Waals surface area contributed by atoms with Gasteiger partial charge in [-0.1, -0.05) is 0 Å². The number of thioether (sulfide) groups is 1. The number of hydrogen-bond donors (Lipinski definition) is 0. The molecule has 0 fully saturated rings. The lowest BCUT2D eigenvalue weighted by Gasteiger charge is -1.99. The molecule has 0 aromatic carbocycles. The minimum Gasteiger partial charge on any atom is -0.472 e. The minimum atomic E-state index is -0.201. The van der Waals surface area contributed by atoms with E-state index in [0.717, 1.165) is 22.7 Å². The number of nitrogens with zero attached hydrogens (tertiary/aromatic N) is 4. The Kier molecular flexibility index (Phi) is 4.61. The van der Waals surface area contributed by atoms with Crippen LogP contribution in [0.2, 0.25) is 0 Å². The van der Waals surface area contributed by atoms with E-state index in [0.29, 0.717) is 22.1 Å². The third-order valence-corrected chi connectivity index (χ3v) is 4.42. The van der Waals surface area contributed by atoms with Crippen LogP contribution < -0.4 is 19.2 Å². The molecule has 2 rings (SSSR count). The maximum atomic E-state index is 11.5. The van der Waals surface area contributed by atoms with E-state index in [4.69, 9.17) is 9.47 Å². The summed E-state index contributed by atoms with van der Waals surface area (Å²) in [5, 5.41) is 8.54. The van der Waals surface area contributed by atoms with E-state index in [1.165, 1.54) is 35.3 Å². The summed E-state index contributed by atoms with van der Waals surface area (Å²) in [5.74, 6) is 0.649. The Morgan fingerprint density at radius 1 is 1.00 bits per heavy atom. The molecule has 19 heavy (non-hydrogen) atoms. The van der Waals surface area contributed by atoms with Gasteiger partial charge in [0, 0.05) is 0 Å². The standard InChI is InChI=1S/C8H10N4O4S3/c1-15-5-9-11(7(13)18-5)3-17-4-12-8(14)19-6(10-12)16-2/h3-4H2,1-2H3. The van der Waals surface area contributed by atoms with Gasteiger partial charge in [0.25, 0.3) is 10.4 Å². The zero-order chi connectivity index (χ0) is 13.8. The molecular weight excluding hydrogens is 312 g/mol. The van der Waals surface area contributed by atoms with E-state index >= 15 is 0 Å². The molecule has 0 spiro atoms. The van der Waals surface area contributed by atoms with Gasteiger partial charge in [-0.2, -0.15) is 0 Å². The highest BCUT2D eigenvalue weighted by Crippen LogP contribution is 2.13. The quantitative estimate of drug-likeness (QED) is 0.755. The monoisotopic (exact) mass is 322 g/mol. The summed E-state index contributed by atoms with van der Waals surface area (Å²) in [6.45, 7) is 0. The van der Waals surface area contributed by atoms with Crippen LogP contribution in [0, 0.1) is 0 Å². The average Bonchev–Trinajstić information content (AvgIpc) is 2.94. The molecule has 2 aromatic rings.